The number of benzene rings is 2. The van der Waals surface area contributed by atoms with Crippen molar-refractivity contribution in [2.75, 3.05) is 13.7 Å². The third-order valence-electron chi connectivity index (χ3n) is 6.47. The molecule has 0 saturated carbocycles. The van der Waals surface area contributed by atoms with Gasteiger partial charge in [-0.15, -0.1) is 0 Å². The van der Waals surface area contributed by atoms with E-state index in [9.17, 15) is 14.4 Å². The van der Waals surface area contributed by atoms with Gasteiger partial charge in [0.05, 0.1) is 18.8 Å². The van der Waals surface area contributed by atoms with Gasteiger partial charge in [-0.05, 0) is 62.4 Å². The first-order valence-corrected chi connectivity index (χ1v) is 12.6. The topological polar surface area (TPSA) is 112 Å². The van der Waals surface area contributed by atoms with E-state index < -0.39 is 35.3 Å². The highest BCUT2D eigenvalue weighted by Crippen LogP contribution is 2.44. The SMILES string of the molecule is COC(=O)C1(C)C=C([C@H](CCC(=O)OC(C)(C)C)NC(=O)OCC2c3ccccc3-c3ccccc32)NO1. The van der Waals surface area contributed by atoms with Crippen LogP contribution in [0.4, 0.5) is 4.79 Å². The number of carbonyl (C=O) groups excluding carboxylic acids is 3. The Hall–Kier alpha value is -3.85. The molecule has 38 heavy (non-hydrogen) atoms. The quantitative estimate of drug-likeness (QED) is 0.388. The summed E-state index contributed by atoms with van der Waals surface area (Å²) in [4.78, 5) is 43.0. The molecule has 1 heterocycles. The standard InChI is InChI=1S/C29H34N2O7/c1-28(2,3)37-25(32)15-14-23(24-16-29(4,38-31-24)26(33)35-5)30-27(34)36-17-22-20-12-8-6-10-18(20)19-11-7-9-13-21(19)22/h6-13,16,22-23,31H,14-15,17H2,1-5H3,(H,30,34)/t23-,29?/m0/s1. The molecule has 0 saturated heterocycles. The first kappa shape index (κ1) is 27.2. The molecule has 0 aromatic heterocycles. The number of fused-ring (bicyclic) bond motifs is 3. The van der Waals surface area contributed by atoms with Crippen LogP contribution in [-0.2, 0) is 28.6 Å². The number of hydrogen-bond donors (Lipinski definition) is 2. The molecule has 2 N–H and O–H groups in total. The fourth-order valence-corrected chi connectivity index (χ4v) is 4.74. The zero-order valence-electron chi connectivity index (χ0n) is 22.3. The lowest BCUT2D eigenvalue weighted by Gasteiger charge is -2.22. The number of esters is 2. The number of alkyl carbamates (subject to hydrolysis) is 1. The third-order valence-corrected chi connectivity index (χ3v) is 6.47. The molecule has 0 spiro atoms. The number of carbonyl (C=O) groups is 3. The number of methoxy groups -OCH3 is 1. The van der Waals surface area contributed by atoms with Crippen LogP contribution in [0.1, 0.15) is 57.6 Å². The van der Waals surface area contributed by atoms with Crippen molar-refractivity contribution in [1.82, 2.24) is 10.8 Å². The van der Waals surface area contributed by atoms with Crippen LogP contribution in [0, 0.1) is 0 Å². The van der Waals surface area contributed by atoms with E-state index in [2.05, 4.69) is 22.9 Å². The summed E-state index contributed by atoms with van der Waals surface area (Å²) in [7, 11) is 1.26. The lowest BCUT2D eigenvalue weighted by atomic mass is 9.98. The van der Waals surface area contributed by atoms with Gasteiger partial charge >= 0.3 is 18.0 Å². The fraction of sp³-hybridized carbons (Fsp3) is 0.414. The van der Waals surface area contributed by atoms with Crippen molar-refractivity contribution in [3.05, 3.63) is 71.4 Å². The first-order chi connectivity index (χ1) is 18.0. The minimum Gasteiger partial charge on any atom is -0.467 e. The molecule has 4 rings (SSSR count). The lowest BCUT2D eigenvalue weighted by molar-refractivity contribution is -0.164. The number of rotatable bonds is 8. The average molecular weight is 523 g/mol. The van der Waals surface area contributed by atoms with Crippen molar-refractivity contribution in [2.45, 2.75) is 63.7 Å². The zero-order chi connectivity index (χ0) is 27.5. The molecule has 2 aromatic carbocycles. The molecular weight excluding hydrogens is 488 g/mol. The summed E-state index contributed by atoms with van der Waals surface area (Å²) in [5.74, 6) is -1.11. The Morgan fingerprint density at radius 3 is 2.24 bits per heavy atom. The van der Waals surface area contributed by atoms with E-state index in [-0.39, 0.29) is 25.4 Å². The van der Waals surface area contributed by atoms with Crippen LogP contribution in [0.2, 0.25) is 0 Å². The summed E-state index contributed by atoms with van der Waals surface area (Å²) < 4.78 is 15.9. The molecular formula is C29H34N2O7. The maximum absolute atomic E-state index is 13.0. The lowest BCUT2D eigenvalue weighted by Crippen LogP contribution is -2.40. The van der Waals surface area contributed by atoms with E-state index in [4.69, 9.17) is 19.0 Å². The van der Waals surface area contributed by atoms with Gasteiger partial charge in [-0.1, -0.05) is 48.5 Å². The van der Waals surface area contributed by atoms with Crippen molar-refractivity contribution in [1.29, 1.82) is 0 Å². The summed E-state index contributed by atoms with van der Waals surface area (Å²) in [6, 6.07) is 15.5. The van der Waals surface area contributed by atoms with Gasteiger partial charge in [-0.25, -0.2) is 9.59 Å². The molecule has 2 aromatic rings. The summed E-state index contributed by atoms with van der Waals surface area (Å²) in [6.07, 6.45) is 1.09. The normalized spacial score (nSPS) is 18.9. The van der Waals surface area contributed by atoms with Gasteiger partial charge in [-0.2, -0.15) is 0 Å². The Balaban J connectivity index is 1.46. The predicted octanol–water partition coefficient (Wildman–Crippen LogP) is 4.37. The summed E-state index contributed by atoms with van der Waals surface area (Å²) >= 11 is 0. The molecule has 0 radical (unpaired) electrons. The van der Waals surface area contributed by atoms with E-state index in [1.807, 2.05) is 36.4 Å². The van der Waals surface area contributed by atoms with E-state index in [1.165, 1.54) is 20.1 Å². The van der Waals surface area contributed by atoms with Gasteiger partial charge in [0, 0.05) is 12.3 Å². The molecule has 202 valence electrons. The van der Waals surface area contributed by atoms with Gasteiger partial charge in [0.1, 0.15) is 12.2 Å². The van der Waals surface area contributed by atoms with E-state index in [0.717, 1.165) is 22.3 Å². The van der Waals surface area contributed by atoms with Gasteiger partial charge in [-0.3, -0.25) is 15.1 Å². The largest absolute Gasteiger partial charge is 0.467 e. The smallest absolute Gasteiger partial charge is 0.407 e. The summed E-state index contributed by atoms with van der Waals surface area (Å²) in [5.41, 5.74) is 5.57. The average Bonchev–Trinajstić information content (AvgIpc) is 3.43. The van der Waals surface area contributed by atoms with E-state index in [1.54, 1.807) is 20.8 Å². The Bertz CT molecular complexity index is 1200. The molecule has 2 atom stereocenters. The molecule has 0 fully saturated rings. The Labute approximate surface area is 222 Å². The third kappa shape index (κ3) is 5.99. The van der Waals surface area contributed by atoms with E-state index in [0.29, 0.717) is 5.70 Å². The van der Waals surface area contributed by atoms with Crippen LogP contribution in [0.5, 0.6) is 0 Å². The molecule has 1 aliphatic heterocycles. The number of hydrogen-bond acceptors (Lipinski definition) is 8. The minimum atomic E-state index is -1.38. The molecule has 2 aliphatic rings. The highest BCUT2D eigenvalue weighted by Gasteiger charge is 2.41. The maximum atomic E-state index is 13.0. The monoisotopic (exact) mass is 522 g/mol. The van der Waals surface area contributed by atoms with Crippen molar-refractivity contribution in [3.8, 4) is 11.1 Å². The Morgan fingerprint density at radius 1 is 1.05 bits per heavy atom. The fourth-order valence-electron chi connectivity index (χ4n) is 4.74. The van der Waals surface area contributed by atoms with Gasteiger partial charge < -0.3 is 19.5 Å². The second-order valence-corrected chi connectivity index (χ2v) is 10.6. The number of nitrogens with one attached hydrogen (secondary N) is 2. The van der Waals surface area contributed by atoms with Crippen LogP contribution in [-0.4, -0.2) is 49.0 Å². The maximum Gasteiger partial charge on any atom is 0.407 e. The van der Waals surface area contributed by atoms with Crippen LogP contribution >= 0.6 is 0 Å². The highest BCUT2D eigenvalue weighted by molar-refractivity contribution is 5.82. The van der Waals surface area contributed by atoms with Crippen LogP contribution in [0.3, 0.4) is 0 Å². The molecule has 1 amide bonds. The summed E-state index contributed by atoms with van der Waals surface area (Å²) in [5, 5.41) is 2.81. The molecule has 0 bridgehead atoms. The van der Waals surface area contributed by atoms with Crippen molar-refractivity contribution in [3.63, 3.8) is 0 Å². The van der Waals surface area contributed by atoms with Crippen molar-refractivity contribution in [2.24, 2.45) is 0 Å². The number of amides is 1. The van der Waals surface area contributed by atoms with Crippen LogP contribution in [0.15, 0.2) is 60.3 Å². The minimum absolute atomic E-state index is 0.0273. The van der Waals surface area contributed by atoms with Crippen LogP contribution < -0.4 is 10.8 Å². The predicted molar refractivity (Wildman–Crippen MR) is 140 cm³/mol. The zero-order valence-corrected chi connectivity index (χ0v) is 22.3. The highest BCUT2D eigenvalue weighted by atomic mass is 16.7. The van der Waals surface area contributed by atoms with Gasteiger partial charge in [0.2, 0.25) is 5.60 Å². The second-order valence-electron chi connectivity index (χ2n) is 10.6. The Morgan fingerprint density at radius 2 is 1.66 bits per heavy atom. The van der Waals surface area contributed by atoms with Crippen LogP contribution in [0.25, 0.3) is 11.1 Å². The molecule has 9 nitrogen and oxygen atoms in total. The molecule has 9 heteroatoms. The summed E-state index contributed by atoms with van der Waals surface area (Å²) in [6.45, 7) is 7.04. The van der Waals surface area contributed by atoms with Crippen molar-refractivity contribution >= 4 is 18.0 Å². The first-order valence-electron chi connectivity index (χ1n) is 12.6. The number of hydroxylamine groups is 1. The van der Waals surface area contributed by atoms with Gasteiger partial charge in [0.25, 0.3) is 0 Å². The van der Waals surface area contributed by atoms with Gasteiger partial charge in [0.15, 0.2) is 0 Å². The number of ether oxygens (including phenoxy) is 3. The second kappa shape index (κ2) is 10.9. The van der Waals surface area contributed by atoms with Crippen molar-refractivity contribution < 1.29 is 33.4 Å². The Kier molecular flexibility index (Phi) is 7.78. The van der Waals surface area contributed by atoms with E-state index >= 15 is 0 Å². The molecule has 1 unspecified atom stereocenters. The molecule has 1 aliphatic carbocycles.